The Morgan fingerprint density at radius 1 is 1.40 bits per heavy atom. The van der Waals surface area contributed by atoms with Crippen molar-refractivity contribution in [3.63, 3.8) is 0 Å². The topological polar surface area (TPSA) is 56.7 Å². The van der Waals surface area contributed by atoms with Crippen LogP contribution in [0.25, 0.3) is 5.69 Å². The van der Waals surface area contributed by atoms with E-state index in [0.717, 1.165) is 15.9 Å². The minimum Gasteiger partial charge on any atom is -0.325 e. The van der Waals surface area contributed by atoms with Crippen LogP contribution in [-0.2, 0) is 6.54 Å². The zero-order valence-electron chi connectivity index (χ0n) is 8.31. The van der Waals surface area contributed by atoms with Crippen LogP contribution in [-0.4, -0.2) is 15.0 Å². The largest absolute Gasteiger partial charge is 0.325 e. The fourth-order valence-corrected chi connectivity index (χ4v) is 1.96. The summed E-state index contributed by atoms with van der Waals surface area (Å²) in [5.74, 6) is 0. The lowest BCUT2D eigenvalue weighted by molar-refractivity contribution is 0.795. The summed E-state index contributed by atoms with van der Waals surface area (Å²) in [4.78, 5) is 0. The molecule has 0 saturated heterocycles. The Morgan fingerprint density at radius 2 is 2.20 bits per heavy atom. The van der Waals surface area contributed by atoms with E-state index in [4.69, 9.17) is 5.73 Å². The van der Waals surface area contributed by atoms with E-state index in [0.29, 0.717) is 6.54 Å². The van der Waals surface area contributed by atoms with Gasteiger partial charge in [0.2, 0.25) is 0 Å². The molecule has 0 unspecified atom stereocenters. The molecule has 0 fully saturated rings. The van der Waals surface area contributed by atoms with Crippen molar-refractivity contribution in [3.8, 4) is 5.69 Å². The van der Waals surface area contributed by atoms with E-state index in [1.54, 1.807) is 4.68 Å². The molecule has 4 nitrogen and oxygen atoms in total. The van der Waals surface area contributed by atoms with E-state index < -0.39 is 0 Å². The second-order valence-corrected chi connectivity index (χ2v) is 4.26. The molecule has 78 valence electrons. The molecule has 1 aromatic carbocycles. The van der Waals surface area contributed by atoms with Gasteiger partial charge in [-0.2, -0.15) is 0 Å². The highest BCUT2D eigenvalue weighted by atomic mass is 79.9. The Balaban J connectivity index is 2.44. The van der Waals surface area contributed by atoms with Gasteiger partial charge in [-0.1, -0.05) is 21.1 Å². The molecular formula is C10H11BrN4. The summed E-state index contributed by atoms with van der Waals surface area (Å²) in [6, 6.07) is 6.08. The molecule has 0 aliphatic carbocycles. The normalized spacial score (nSPS) is 10.6. The smallest absolute Gasteiger partial charge is 0.0967 e. The molecule has 2 aromatic rings. The summed E-state index contributed by atoms with van der Waals surface area (Å²) in [6.45, 7) is 2.45. The van der Waals surface area contributed by atoms with Gasteiger partial charge in [-0.05, 0) is 30.7 Å². The molecule has 0 aliphatic heterocycles. The molecule has 0 saturated carbocycles. The lowest BCUT2D eigenvalue weighted by atomic mass is 10.2. The van der Waals surface area contributed by atoms with E-state index >= 15 is 0 Å². The van der Waals surface area contributed by atoms with Crippen LogP contribution in [0.2, 0.25) is 0 Å². The first-order valence-electron chi connectivity index (χ1n) is 4.58. The first kappa shape index (κ1) is 10.3. The highest BCUT2D eigenvalue weighted by Crippen LogP contribution is 2.17. The average molecular weight is 267 g/mol. The Morgan fingerprint density at radius 3 is 2.80 bits per heavy atom. The number of nitrogens with two attached hydrogens (primary N) is 1. The van der Waals surface area contributed by atoms with Crippen LogP contribution < -0.4 is 5.73 Å². The second-order valence-electron chi connectivity index (χ2n) is 3.35. The number of aryl methyl sites for hydroxylation is 1. The third kappa shape index (κ3) is 2.24. The van der Waals surface area contributed by atoms with Gasteiger partial charge in [-0.15, -0.1) is 5.10 Å². The Hall–Kier alpha value is -1.20. The van der Waals surface area contributed by atoms with Gasteiger partial charge >= 0.3 is 0 Å². The van der Waals surface area contributed by atoms with Crippen molar-refractivity contribution >= 4 is 15.9 Å². The van der Waals surface area contributed by atoms with Crippen LogP contribution in [0, 0.1) is 6.92 Å². The van der Waals surface area contributed by atoms with Crippen molar-refractivity contribution in [1.29, 1.82) is 0 Å². The van der Waals surface area contributed by atoms with Crippen LogP contribution in [0.3, 0.4) is 0 Å². The summed E-state index contributed by atoms with van der Waals surface area (Å²) in [7, 11) is 0. The van der Waals surface area contributed by atoms with E-state index in [1.165, 1.54) is 5.56 Å². The number of aromatic nitrogens is 3. The molecule has 0 atom stereocenters. The van der Waals surface area contributed by atoms with Crippen LogP contribution in [0.15, 0.2) is 28.9 Å². The zero-order chi connectivity index (χ0) is 10.8. The summed E-state index contributed by atoms with van der Waals surface area (Å²) in [6.07, 6.45) is 1.83. The van der Waals surface area contributed by atoms with Gasteiger partial charge in [0.25, 0.3) is 0 Å². The number of hydrogen-bond donors (Lipinski definition) is 1. The molecule has 0 spiro atoms. The molecule has 2 rings (SSSR count). The van der Waals surface area contributed by atoms with E-state index in [1.807, 2.05) is 31.3 Å². The number of hydrogen-bond acceptors (Lipinski definition) is 3. The van der Waals surface area contributed by atoms with Crippen molar-refractivity contribution in [2.24, 2.45) is 5.73 Å². The minimum atomic E-state index is 0.410. The third-order valence-corrected chi connectivity index (χ3v) is 2.50. The highest BCUT2D eigenvalue weighted by Gasteiger charge is 2.02. The van der Waals surface area contributed by atoms with E-state index in [2.05, 4.69) is 26.2 Å². The van der Waals surface area contributed by atoms with Crippen LogP contribution in [0.5, 0.6) is 0 Å². The second kappa shape index (κ2) is 4.12. The number of nitrogens with zero attached hydrogens (tertiary/aromatic N) is 3. The molecule has 0 bridgehead atoms. The van der Waals surface area contributed by atoms with E-state index in [-0.39, 0.29) is 0 Å². The van der Waals surface area contributed by atoms with Gasteiger partial charge in [0.05, 0.1) is 17.6 Å². The van der Waals surface area contributed by atoms with Crippen LogP contribution in [0.1, 0.15) is 11.3 Å². The predicted octanol–water partition coefficient (Wildman–Crippen LogP) is 1.80. The van der Waals surface area contributed by atoms with Crippen molar-refractivity contribution in [3.05, 3.63) is 40.1 Å². The summed E-state index contributed by atoms with van der Waals surface area (Å²) in [5.41, 5.74) is 8.41. The number of halogens is 1. The molecule has 1 aromatic heterocycles. The maximum Gasteiger partial charge on any atom is 0.0967 e. The van der Waals surface area contributed by atoms with Gasteiger partial charge in [-0.3, -0.25) is 0 Å². The molecule has 0 amide bonds. The number of benzene rings is 1. The quantitative estimate of drug-likeness (QED) is 0.902. The zero-order valence-corrected chi connectivity index (χ0v) is 9.90. The summed E-state index contributed by atoms with van der Waals surface area (Å²) in [5, 5.41) is 7.95. The Labute approximate surface area is 96.2 Å². The van der Waals surface area contributed by atoms with Crippen LogP contribution >= 0.6 is 15.9 Å². The first-order valence-corrected chi connectivity index (χ1v) is 5.37. The van der Waals surface area contributed by atoms with Gasteiger partial charge in [-0.25, -0.2) is 4.68 Å². The van der Waals surface area contributed by atoms with Gasteiger partial charge in [0, 0.05) is 11.0 Å². The standard InChI is InChI=1S/C10H11BrN4/c1-7-2-8(11)4-10(3-7)15-6-9(5-12)13-14-15/h2-4,6H,5,12H2,1H3. The fraction of sp³-hybridized carbons (Fsp3) is 0.200. The summed E-state index contributed by atoms with van der Waals surface area (Å²) >= 11 is 3.45. The molecular weight excluding hydrogens is 256 g/mol. The molecule has 1 heterocycles. The summed E-state index contributed by atoms with van der Waals surface area (Å²) < 4.78 is 2.75. The molecule has 15 heavy (non-hydrogen) atoms. The fourth-order valence-electron chi connectivity index (χ4n) is 1.37. The lowest BCUT2D eigenvalue weighted by Crippen LogP contribution is -1.96. The molecule has 2 N–H and O–H groups in total. The Kier molecular flexibility index (Phi) is 2.83. The van der Waals surface area contributed by atoms with Gasteiger partial charge in [0.15, 0.2) is 0 Å². The molecule has 0 aliphatic rings. The minimum absolute atomic E-state index is 0.410. The Bertz CT molecular complexity index is 458. The highest BCUT2D eigenvalue weighted by molar-refractivity contribution is 9.10. The average Bonchev–Trinajstić information content (AvgIpc) is 2.64. The maximum absolute atomic E-state index is 5.48. The third-order valence-electron chi connectivity index (χ3n) is 2.04. The van der Waals surface area contributed by atoms with Gasteiger partial charge < -0.3 is 5.73 Å². The van der Waals surface area contributed by atoms with Crippen molar-refractivity contribution in [2.75, 3.05) is 0 Å². The monoisotopic (exact) mass is 266 g/mol. The van der Waals surface area contributed by atoms with E-state index in [9.17, 15) is 0 Å². The first-order chi connectivity index (χ1) is 7.19. The SMILES string of the molecule is Cc1cc(Br)cc(-n2cc(CN)nn2)c1. The molecule has 5 heteroatoms. The predicted molar refractivity (Wildman–Crippen MR) is 61.7 cm³/mol. The van der Waals surface area contributed by atoms with Crippen LogP contribution in [0.4, 0.5) is 0 Å². The maximum atomic E-state index is 5.48. The number of rotatable bonds is 2. The van der Waals surface area contributed by atoms with Crippen molar-refractivity contribution < 1.29 is 0 Å². The molecule has 0 radical (unpaired) electrons. The van der Waals surface area contributed by atoms with Crippen molar-refractivity contribution in [1.82, 2.24) is 15.0 Å². The lowest BCUT2D eigenvalue weighted by Gasteiger charge is -2.02. The van der Waals surface area contributed by atoms with Gasteiger partial charge in [0.1, 0.15) is 0 Å². The van der Waals surface area contributed by atoms with Crippen molar-refractivity contribution in [2.45, 2.75) is 13.5 Å².